The number of benzene rings is 3. The predicted molar refractivity (Wildman–Crippen MR) is 157 cm³/mol. The Morgan fingerprint density at radius 2 is 1.39 bits per heavy atom. The van der Waals surface area contributed by atoms with Gasteiger partial charge in [-0.25, -0.2) is 4.98 Å². The fraction of sp³-hybridized carbons (Fsp3) is 0.364. The van der Waals surface area contributed by atoms with Crippen LogP contribution >= 0.6 is 0 Å². The number of hydrogen-bond acceptors (Lipinski definition) is 4. The minimum Gasteiger partial charge on any atom is -0.494 e. The number of imidazole rings is 1. The molecular weight excluding hydrogens is 470 g/mol. The van der Waals surface area contributed by atoms with Gasteiger partial charge in [0.05, 0.1) is 12.3 Å². The minimum absolute atomic E-state index is 0.731. The third-order valence-corrected chi connectivity index (χ3v) is 6.84. The van der Waals surface area contributed by atoms with Gasteiger partial charge in [-0.2, -0.15) is 0 Å². The van der Waals surface area contributed by atoms with Crippen LogP contribution in [0.1, 0.15) is 51.4 Å². The Morgan fingerprint density at radius 1 is 0.763 bits per heavy atom. The Balaban J connectivity index is 1.45. The van der Waals surface area contributed by atoms with Crippen molar-refractivity contribution in [3.8, 4) is 34.2 Å². The Labute approximate surface area is 228 Å². The first-order valence-electron chi connectivity index (χ1n) is 14.0. The summed E-state index contributed by atoms with van der Waals surface area (Å²) in [5.41, 5.74) is 4.37. The van der Waals surface area contributed by atoms with E-state index in [1.54, 1.807) is 0 Å². The molecule has 0 unspecified atom stereocenters. The molecule has 0 radical (unpaired) electrons. The molecule has 5 nitrogen and oxygen atoms in total. The largest absolute Gasteiger partial charge is 0.494 e. The van der Waals surface area contributed by atoms with E-state index >= 15 is 0 Å². The van der Waals surface area contributed by atoms with Gasteiger partial charge in [0, 0.05) is 30.4 Å². The van der Waals surface area contributed by atoms with Gasteiger partial charge < -0.3 is 18.9 Å². The van der Waals surface area contributed by atoms with Gasteiger partial charge in [0.15, 0.2) is 0 Å². The summed E-state index contributed by atoms with van der Waals surface area (Å²) in [5, 5.41) is 0. The average Bonchev–Trinajstić information content (AvgIpc) is 3.38. The molecular formula is C33H41N3O2. The van der Waals surface area contributed by atoms with Crippen molar-refractivity contribution in [3.63, 3.8) is 0 Å². The highest BCUT2D eigenvalue weighted by molar-refractivity contribution is 5.61. The summed E-state index contributed by atoms with van der Waals surface area (Å²) in [7, 11) is 0. The SMILES string of the molecule is CCCCc1nc(-c2ccc(OCCCN(CC)CC)cc2)cn1-c1ccc(Oc2ccc(C)cc2)cc1. The molecule has 0 aliphatic rings. The molecule has 3 aromatic carbocycles. The van der Waals surface area contributed by atoms with Gasteiger partial charge in [-0.1, -0.05) is 44.9 Å². The van der Waals surface area contributed by atoms with E-state index in [4.69, 9.17) is 14.5 Å². The number of nitrogens with zero attached hydrogens (tertiary/aromatic N) is 3. The summed E-state index contributed by atoms with van der Waals surface area (Å²) in [6.07, 6.45) is 6.34. The van der Waals surface area contributed by atoms with Crippen molar-refractivity contribution in [1.29, 1.82) is 0 Å². The molecule has 0 aliphatic heterocycles. The second kappa shape index (κ2) is 13.8. The van der Waals surface area contributed by atoms with Crippen LogP contribution in [0.2, 0.25) is 0 Å². The molecule has 38 heavy (non-hydrogen) atoms. The maximum Gasteiger partial charge on any atom is 0.127 e. The first-order valence-corrected chi connectivity index (χ1v) is 14.0. The van der Waals surface area contributed by atoms with Gasteiger partial charge in [0.2, 0.25) is 0 Å². The van der Waals surface area contributed by atoms with Crippen LogP contribution in [0.25, 0.3) is 16.9 Å². The van der Waals surface area contributed by atoms with Crippen molar-refractivity contribution < 1.29 is 9.47 Å². The lowest BCUT2D eigenvalue weighted by atomic mass is 10.1. The molecule has 0 aliphatic carbocycles. The molecule has 0 saturated carbocycles. The first-order chi connectivity index (χ1) is 18.6. The van der Waals surface area contributed by atoms with E-state index in [9.17, 15) is 0 Å². The molecule has 0 N–H and O–H groups in total. The summed E-state index contributed by atoms with van der Waals surface area (Å²) in [4.78, 5) is 7.44. The van der Waals surface area contributed by atoms with Crippen LogP contribution in [0.4, 0.5) is 0 Å². The molecule has 1 aromatic heterocycles. The number of rotatable bonds is 14. The lowest BCUT2D eigenvalue weighted by Gasteiger charge is -2.17. The molecule has 0 spiro atoms. The highest BCUT2D eigenvalue weighted by Gasteiger charge is 2.12. The molecule has 0 bridgehead atoms. The van der Waals surface area contributed by atoms with Gasteiger partial charge in [0.25, 0.3) is 0 Å². The molecule has 200 valence electrons. The smallest absolute Gasteiger partial charge is 0.127 e. The summed E-state index contributed by atoms with van der Waals surface area (Å²) in [6.45, 7) is 12.7. The summed E-state index contributed by atoms with van der Waals surface area (Å²) in [6, 6.07) is 24.7. The Bertz CT molecular complexity index is 1240. The molecule has 0 amide bonds. The maximum atomic E-state index is 6.02. The van der Waals surface area contributed by atoms with E-state index in [1.165, 1.54) is 5.56 Å². The molecule has 5 heteroatoms. The van der Waals surface area contributed by atoms with Gasteiger partial charge in [-0.3, -0.25) is 0 Å². The van der Waals surface area contributed by atoms with Crippen LogP contribution in [0.5, 0.6) is 17.2 Å². The Kier molecular flexibility index (Phi) is 9.99. The zero-order valence-corrected chi connectivity index (χ0v) is 23.3. The van der Waals surface area contributed by atoms with E-state index < -0.39 is 0 Å². The van der Waals surface area contributed by atoms with Gasteiger partial charge in [-0.15, -0.1) is 0 Å². The topological polar surface area (TPSA) is 39.5 Å². The van der Waals surface area contributed by atoms with Crippen LogP contribution in [-0.2, 0) is 6.42 Å². The zero-order valence-electron chi connectivity index (χ0n) is 23.3. The Hall–Kier alpha value is -3.57. The number of aromatic nitrogens is 2. The van der Waals surface area contributed by atoms with E-state index in [0.29, 0.717) is 0 Å². The molecule has 0 atom stereocenters. The monoisotopic (exact) mass is 511 g/mol. The number of hydrogen-bond donors (Lipinski definition) is 0. The molecule has 1 heterocycles. The molecule has 0 saturated heterocycles. The van der Waals surface area contributed by atoms with Gasteiger partial charge in [0.1, 0.15) is 23.1 Å². The quantitative estimate of drug-likeness (QED) is 0.160. The first kappa shape index (κ1) is 27.5. The van der Waals surface area contributed by atoms with Crippen molar-refractivity contribution >= 4 is 0 Å². The lowest BCUT2D eigenvalue weighted by molar-refractivity contribution is 0.249. The Morgan fingerprint density at radius 3 is 2.03 bits per heavy atom. The predicted octanol–water partition coefficient (Wildman–Crippen LogP) is 8.09. The van der Waals surface area contributed by atoms with Crippen LogP contribution < -0.4 is 9.47 Å². The van der Waals surface area contributed by atoms with Crippen LogP contribution in [0.15, 0.2) is 79.0 Å². The van der Waals surface area contributed by atoms with Crippen molar-refractivity contribution in [2.45, 2.75) is 53.4 Å². The minimum atomic E-state index is 0.731. The summed E-state index contributed by atoms with van der Waals surface area (Å²) >= 11 is 0. The number of ether oxygens (including phenoxy) is 2. The molecule has 0 fully saturated rings. The molecule has 4 aromatic rings. The van der Waals surface area contributed by atoms with Crippen molar-refractivity contribution in [2.75, 3.05) is 26.2 Å². The highest BCUT2D eigenvalue weighted by atomic mass is 16.5. The fourth-order valence-corrected chi connectivity index (χ4v) is 4.45. The third kappa shape index (κ3) is 7.48. The lowest BCUT2D eigenvalue weighted by Crippen LogP contribution is -2.25. The highest BCUT2D eigenvalue weighted by Crippen LogP contribution is 2.27. The van der Waals surface area contributed by atoms with Crippen molar-refractivity contribution in [2.24, 2.45) is 0 Å². The van der Waals surface area contributed by atoms with E-state index in [2.05, 4.69) is 91.9 Å². The second-order valence-electron chi connectivity index (χ2n) is 9.68. The zero-order chi connectivity index (χ0) is 26.7. The standard InChI is InChI=1S/C33H41N3O2/c1-5-8-10-33-34-32(27-13-19-29(20-14-27)37-24-9-23-35(6-2)7-3)25-36(33)28-15-21-31(22-16-28)38-30-17-11-26(4)12-18-30/h11-22,25H,5-10,23-24H2,1-4H3. The maximum absolute atomic E-state index is 6.02. The number of aryl methyl sites for hydroxylation is 2. The molecule has 4 rings (SSSR count). The fourth-order valence-electron chi connectivity index (χ4n) is 4.45. The normalized spacial score (nSPS) is 11.2. The second-order valence-corrected chi connectivity index (χ2v) is 9.68. The summed E-state index contributed by atoms with van der Waals surface area (Å²) < 4.78 is 14.2. The van der Waals surface area contributed by atoms with Gasteiger partial charge >= 0.3 is 0 Å². The average molecular weight is 512 g/mol. The van der Waals surface area contributed by atoms with E-state index in [-0.39, 0.29) is 0 Å². The van der Waals surface area contributed by atoms with Gasteiger partial charge in [-0.05, 0) is 93.5 Å². The summed E-state index contributed by atoms with van der Waals surface area (Å²) in [5.74, 6) is 3.64. The van der Waals surface area contributed by atoms with E-state index in [1.807, 2.05) is 24.3 Å². The van der Waals surface area contributed by atoms with Crippen LogP contribution in [0.3, 0.4) is 0 Å². The van der Waals surface area contributed by atoms with Crippen LogP contribution in [0, 0.1) is 6.92 Å². The van der Waals surface area contributed by atoms with Crippen LogP contribution in [-0.4, -0.2) is 40.7 Å². The third-order valence-electron chi connectivity index (χ3n) is 6.84. The van der Waals surface area contributed by atoms with Crippen molar-refractivity contribution in [3.05, 3.63) is 90.4 Å². The number of unbranched alkanes of at least 4 members (excludes halogenated alkanes) is 1. The van der Waals surface area contributed by atoms with E-state index in [0.717, 1.165) is 91.9 Å². The van der Waals surface area contributed by atoms with Crippen molar-refractivity contribution in [1.82, 2.24) is 14.5 Å².